The molecule has 4 aromatic rings. The summed E-state index contributed by atoms with van der Waals surface area (Å²) in [6.45, 7) is 0. The zero-order valence-electron chi connectivity index (χ0n) is 23.2. The Bertz CT molecular complexity index is 1830. The van der Waals surface area contributed by atoms with E-state index < -0.39 is 29.2 Å². The molecule has 7 rings (SSSR count). The summed E-state index contributed by atoms with van der Waals surface area (Å²) in [5, 5.41) is 0.465. The van der Waals surface area contributed by atoms with Gasteiger partial charge in [-0.3, -0.25) is 14.4 Å². The molecule has 6 nitrogen and oxygen atoms in total. The number of ether oxygens (including phenoxy) is 2. The smallest absolute Gasteiger partial charge is 0.185 e. The minimum atomic E-state index is -1.70. The second-order valence-corrected chi connectivity index (χ2v) is 11.3. The molecule has 3 atom stereocenters. The molecule has 43 heavy (non-hydrogen) atoms. The second kappa shape index (κ2) is 9.92. The van der Waals surface area contributed by atoms with Crippen LogP contribution in [0.2, 0.25) is 5.02 Å². The van der Waals surface area contributed by atoms with Gasteiger partial charge in [-0.25, -0.2) is 4.39 Å². The van der Waals surface area contributed by atoms with Gasteiger partial charge in [-0.15, -0.1) is 0 Å². The van der Waals surface area contributed by atoms with Crippen LogP contribution in [0.15, 0.2) is 91.0 Å². The van der Waals surface area contributed by atoms with E-state index in [1.54, 1.807) is 84.9 Å². The first-order valence-electron chi connectivity index (χ1n) is 13.8. The van der Waals surface area contributed by atoms with E-state index in [1.165, 1.54) is 26.4 Å². The normalized spacial score (nSPS) is 21.0. The molecule has 3 aliphatic rings. The molecular formula is C35H25ClFNO5. The zero-order valence-corrected chi connectivity index (χ0v) is 24.0. The molecule has 4 aromatic carbocycles. The topological polar surface area (TPSA) is 72.9 Å². The first-order valence-corrected chi connectivity index (χ1v) is 14.2. The third kappa shape index (κ3) is 3.74. The fourth-order valence-electron chi connectivity index (χ4n) is 7.15. The van der Waals surface area contributed by atoms with Gasteiger partial charge in [0.05, 0.1) is 20.3 Å². The Balaban J connectivity index is 1.55. The number of halogens is 2. The second-order valence-electron chi connectivity index (χ2n) is 10.9. The number of rotatable bonds is 5. The molecule has 0 saturated carbocycles. The maximum atomic E-state index is 14.7. The van der Waals surface area contributed by atoms with E-state index in [0.717, 1.165) is 0 Å². The lowest BCUT2D eigenvalue weighted by Crippen LogP contribution is -2.48. The van der Waals surface area contributed by atoms with Crippen LogP contribution in [-0.4, -0.2) is 43.7 Å². The monoisotopic (exact) mass is 593 g/mol. The number of nitrogens with zero attached hydrogens (tertiary/aromatic N) is 1. The van der Waals surface area contributed by atoms with Gasteiger partial charge in [0.25, 0.3) is 0 Å². The van der Waals surface area contributed by atoms with Gasteiger partial charge >= 0.3 is 0 Å². The number of carbonyl (C=O) groups excluding carboxylic acids is 3. The summed E-state index contributed by atoms with van der Waals surface area (Å²) < 4.78 is 25.5. The lowest BCUT2D eigenvalue weighted by Gasteiger charge is -2.37. The Labute approximate surface area is 252 Å². The molecule has 0 amide bonds. The molecule has 1 aliphatic carbocycles. The molecule has 2 heterocycles. The third-order valence-electron chi connectivity index (χ3n) is 8.93. The van der Waals surface area contributed by atoms with Crippen molar-refractivity contribution in [1.29, 1.82) is 0 Å². The molecular weight excluding hydrogens is 569 g/mol. The fourth-order valence-corrected chi connectivity index (χ4v) is 7.28. The molecule has 0 radical (unpaired) electrons. The van der Waals surface area contributed by atoms with Crippen molar-refractivity contribution in [1.82, 2.24) is 0 Å². The molecule has 0 aromatic heterocycles. The number of hydrogen-bond donors (Lipinski definition) is 0. The van der Waals surface area contributed by atoms with Gasteiger partial charge in [-0.05, 0) is 60.2 Å². The Morgan fingerprint density at radius 3 is 2.19 bits per heavy atom. The van der Waals surface area contributed by atoms with Crippen molar-refractivity contribution >= 4 is 40.7 Å². The summed E-state index contributed by atoms with van der Waals surface area (Å²) in [4.78, 5) is 46.0. The first-order chi connectivity index (χ1) is 20.8. The number of benzene rings is 4. The highest BCUT2D eigenvalue weighted by atomic mass is 35.5. The molecule has 0 bridgehead atoms. The minimum absolute atomic E-state index is 0.305. The predicted octanol–water partition coefficient (Wildman–Crippen LogP) is 6.81. The predicted molar refractivity (Wildman–Crippen MR) is 161 cm³/mol. The van der Waals surface area contributed by atoms with Crippen molar-refractivity contribution in [2.45, 2.75) is 18.0 Å². The number of ketones is 3. The minimum Gasteiger partial charge on any atom is -0.493 e. The number of hydrogen-bond acceptors (Lipinski definition) is 6. The fraction of sp³-hybridized carbons (Fsp3) is 0.171. The van der Waals surface area contributed by atoms with Gasteiger partial charge < -0.3 is 14.4 Å². The van der Waals surface area contributed by atoms with Gasteiger partial charge in [0.1, 0.15) is 17.3 Å². The van der Waals surface area contributed by atoms with Gasteiger partial charge in [0.15, 0.2) is 28.8 Å². The van der Waals surface area contributed by atoms with Crippen molar-refractivity contribution in [2.24, 2.45) is 5.41 Å². The maximum Gasteiger partial charge on any atom is 0.185 e. The van der Waals surface area contributed by atoms with Crippen LogP contribution in [0.4, 0.5) is 10.1 Å². The van der Waals surface area contributed by atoms with Crippen LogP contribution in [0.5, 0.6) is 11.5 Å². The average molecular weight is 594 g/mol. The Morgan fingerprint density at radius 2 is 1.53 bits per heavy atom. The van der Waals surface area contributed by atoms with E-state index in [-0.39, 0.29) is 17.3 Å². The van der Waals surface area contributed by atoms with E-state index in [0.29, 0.717) is 50.0 Å². The standard InChI is InChI=1S/C35H25ClFNO5/c1-42-27-15-9-21(18-28(27)43-2)30-31(32(39)19-7-11-22(36)12-8-19)38-26-14-13-23(37)17-20(26)10-16-29(38)35(30)33(40)24-5-3-4-6-25(24)34(35)41/h3-18,29-31H,1-2H3/t29?,30-,31+/m0/s1. The summed E-state index contributed by atoms with van der Waals surface area (Å²) in [5.74, 6) is -1.55. The highest BCUT2D eigenvalue weighted by Crippen LogP contribution is 2.61. The molecule has 1 saturated heterocycles. The molecule has 1 fully saturated rings. The summed E-state index contributed by atoms with van der Waals surface area (Å²) in [6.07, 6.45) is 3.48. The van der Waals surface area contributed by atoms with Crippen LogP contribution in [0.1, 0.15) is 48.1 Å². The van der Waals surface area contributed by atoms with Crippen LogP contribution in [-0.2, 0) is 0 Å². The van der Waals surface area contributed by atoms with Gasteiger partial charge in [-0.2, -0.15) is 0 Å². The van der Waals surface area contributed by atoms with Crippen LogP contribution < -0.4 is 14.4 Å². The third-order valence-corrected chi connectivity index (χ3v) is 9.18. The maximum absolute atomic E-state index is 14.7. The summed E-state index contributed by atoms with van der Waals surface area (Å²) >= 11 is 6.16. The van der Waals surface area contributed by atoms with E-state index in [2.05, 4.69) is 0 Å². The molecule has 1 unspecified atom stereocenters. The zero-order chi connectivity index (χ0) is 30.0. The quantitative estimate of drug-likeness (QED) is 0.187. The van der Waals surface area contributed by atoms with Gasteiger partial charge in [0, 0.05) is 38.9 Å². The van der Waals surface area contributed by atoms with Crippen LogP contribution >= 0.6 is 11.6 Å². The van der Waals surface area contributed by atoms with Crippen molar-refractivity contribution in [3.63, 3.8) is 0 Å². The van der Waals surface area contributed by atoms with Crippen LogP contribution in [0.25, 0.3) is 6.08 Å². The Hall–Kier alpha value is -4.75. The highest BCUT2D eigenvalue weighted by molar-refractivity contribution is 6.32. The summed E-state index contributed by atoms with van der Waals surface area (Å²) in [5.41, 5.74) is 0.962. The van der Waals surface area contributed by atoms with Crippen molar-refractivity contribution in [2.75, 3.05) is 19.1 Å². The lowest BCUT2D eigenvalue weighted by atomic mass is 9.64. The number of fused-ring (bicyclic) bond motifs is 5. The van der Waals surface area contributed by atoms with Crippen molar-refractivity contribution < 1.29 is 28.2 Å². The van der Waals surface area contributed by atoms with E-state index >= 15 is 0 Å². The number of Topliss-reactive ketones (excluding diaryl/α,β-unsaturated/α-hetero) is 3. The SMILES string of the molecule is COc1ccc([C@H]2[C@H](C(=O)c3ccc(Cl)cc3)N3c4ccc(F)cc4C=CC3C23C(=O)c2ccccc2C3=O)cc1OC. The lowest BCUT2D eigenvalue weighted by molar-refractivity contribution is 0.0665. The molecule has 214 valence electrons. The largest absolute Gasteiger partial charge is 0.493 e. The van der Waals surface area contributed by atoms with Gasteiger partial charge in [-0.1, -0.05) is 54.1 Å². The Morgan fingerprint density at radius 1 is 0.860 bits per heavy atom. The molecule has 0 N–H and O–H groups in total. The number of methoxy groups -OCH3 is 2. The van der Waals surface area contributed by atoms with Crippen molar-refractivity contribution in [3.05, 3.63) is 130 Å². The Kier molecular flexibility index (Phi) is 6.25. The van der Waals surface area contributed by atoms with E-state index in [9.17, 15) is 18.8 Å². The highest BCUT2D eigenvalue weighted by Gasteiger charge is 2.71. The van der Waals surface area contributed by atoms with E-state index in [4.69, 9.17) is 21.1 Å². The molecule has 8 heteroatoms. The van der Waals surface area contributed by atoms with Crippen LogP contribution in [0.3, 0.4) is 0 Å². The van der Waals surface area contributed by atoms with Crippen molar-refractivity contribution in [3.8, 4) is 11.5 Å². The van der Waals surface area contributed by atoms with Crippen LogP contribution in [0, 0.1) is 11.2 Å². The van der Waals surface area contributed by atoms with E-state index in [1.807, 2.05) is 4.90 Å². The first kappa shape index (κ1) is 27.1. The molecule has 2 aliphatic heterocycles. The van der Waals surface area contributed by atoms with Gasteiger partial charge in [0.2, 0.25) is 0 Å². The molecule has 1 spiro atoms. The number of carbonyl (C=O) groups is 3. The summed E-state index contributed by atoms with van der Waals surface area (Å²) in [6, 6.07) is 20.9. The summed E-state index contributed by atoms with van der Waals surface area (Å²) in [7, 11) is 3.02. The average Bonchev–Trinajstić information content (AvgIpc) is 3.46. The number of anilines is 1.